The monoisotopic (exact) mass is 477 g/mol. The predicted molar refractivity (Wildman–Crippen MR) is 139 cm³/mol. The number of para-hydroxylation sites is 1. The second-order valence-corrected chi connectivity index (χ2v) is 7.93. The molecular weight excluding hydrogens is 454 g/mol. The molecule has 178 valence electrons. The average molecular weight is 478 g/mol. The molecule has 0 spiro atoms. The van der Waals surface area contributed by atoms with Gasteiger partial charge in [0.25, 0.3) is 11.5 Å². The molecule has 0 saturated heterocycles. The molecule has 5 aromatic rings. The van der Waals surface area contributed by atoms with Crippen LogP contribution in [-0.2, 0) is 0 Å². The van der Waals surface area contributed by atoms with Gasteiger partial charge in [0.1, 0.15) is 17.2 Å². The molecule has 36 heavy (non-hydrogen) atoms. The maximum absolute atomic E-state index is 13.3. The Balaban J connectivity index is 1.45. The molecule has 7 heteroatoms. The molecule has 1 aromatic heterocycles. The average Bonchev–Trinajstić information content (AvgIpc) is 2.91. The molecule has 0 unspecified atom stereocenters. The molecule has 0 radical (unpaired) electrons. The van der Waals surface area contributed by atoms with Crippen molar-refractivity contribution >= 4 is 22.4 Å². The summed E-state index contributed by atoms with van der Waals surface area (Å²) in [6.07, 6.45) is 0. The molecule has 0 fully saturated rings. The van der Waals surface area contributed by atoms with Crippen LogP contribution in [0.5, 0.6) is 17.2 Å². The number of carbonyl (C=O) groups excluding carboxylic acids is 1. The largest absolute Gasteiger partial charge is 0.494 e. The minimum absolute atomic E-state index is 0.142. The number of hydrogen-bond donors (Lipinski definition) is 1. The summed E-state index contributed by atoms with van der Waals surface area (Å²) < 4.78 is 12.5. The number of benzene rings is 4. The van der Waals surface area contributed by atoms with Crippen molar-refractivity contribution in [2.45, 2.75) is 6.92 Å². The Hall–Kier alpha value is -4.91. The summed E-state index contributed by atoms with van der Waals surface area (Å²) in [5.74, 6) is 1.63. The van der Waals surface area contributed by atoms with Crippen molar-refractivity contribution in [1.82, 2.24) is 9.78 Å². The highest BCUT2D eigenvalue weighted by Crippen LogP contribution is 2.24. The van der Waals surface area contributed by atoms with E-state index in [-0.39, 0.29) is 11.3 Å². The fourth-order valence-electron chi connectivity index (χ4n) is 3.80. The van der Waals surface area contributed by atoms with Gasteiger partial charge in [-0.2, -0.15) is 9.78 Å². The molecule has 0 aliphatic rings. The molecule has 0 atom stereocenters. The van der Waals surface area contributed by atoms with Gasteiger partial charge in [-0.15, -0.1) is 0 Å². The smallest absolute Gasteiger partial charge is 0.279 e. The second-order valence-electron chi connectivity index (χ2n) is 7.93. The quantitative estimate of drug-likeness (QED) is 0.319. The molecule has 4 aromatic carbocycles. The third kappa shape index (κ3) is 4.81. The van der Waals surface area contributed by atoms with Gasteiger partial charge in [0.05, 0.1) is 17.7 Å². The van der Waals surface area contributed by atoms with Gasteiger partial charge in [-0.1, -0.05) is 36.4 Å². The van der Waals surface area contributed by atoms with Crippen molar-refractivity contribution in [3.63, 3.8) is 0 Å². The molecule has 5 rings (SSSR count). The fourth-order valence-corrected chi connectivity index (χ4v) is 3.80. The molecule has 0 aliphatic carbocycles. The van der Waals surface area contributed by atoms with Crippen LogP contribution in [-0.4, -0.2) is 22.3 Å². The number of nitrogens with zero attached hydrogens (tertiary/aromatic N) is 2. The Kier molecular flexibility index (Phi) is 6.44. The fraction of sp³-hybridized carbons (Fsp3) is 0.0690. The van der Waals surface area contributed by atoms with Gasteiger partial charge in [0.15, 0.2) is 5.69 Å². The van der Waals surface area contributed by atoms with Crippen LogP contribution in [0.2, 0.25) is 0 Å². The lowest BCUT2D eigenvalue weighted by Gasteiger charge is -2.12. The van der Waals surface area contributed by atoms with Crippen LogP contribution in [0.25, 0.3) is 16.5 Å². The number of aromatic nitrogens is 2. The zero-order valence-electron chi connectivity index (χ0n) is 19.5. The van der Waals surface area contributed by atoms with Crippen LogP contribution in [0.1, 0.15) is 17.4 Å². The number of carbonyl (C=O) groups is 1. The minimum Gasteiger partial charge on any atom is -0.494 e. The molecule has 0 saturated carbocycles. The van der Waals surface area contributed by atoms with Crippen LogP contribution in [0.15, 0.2) is 108 Å². The summed E-state index contributed by atoms with van der Waals surface area (Å²) in [5, 5.41) is 8.19. The summed E-state index contributed by atoms with van der Waals surface area (Å²) in [5.41, 5.74) is 0.938. The lowest BCUT2D eigenvalue weighted by atomic mass is 10.1. The Morgan fingerprint density at radius 2 is 1.39 bits per heavy atom. The number of amides is 1. The molecular formula is C29H23N3O4. The highest BCUT2D eigenvalue weighted by Gasteiger charge is 2.18. The third-order valence-electron chi connectivity index (χ3n) is 5.50. The Morgan fingerprint density at radius 1 is 0.778 bits per heavy atom. The van der Waals surface area contributed by atoms with Crippen LogP contribution in [0.3, 0.4) is 0 Å². The second kappa shape index (κ2) is 10.1. The molecule has 1 amide bonds. The number of anilines is 1. The maximum Gasteiger partial charge on any atom is 0.279 e. The molecule has 0 aliphatic heterocycles. The van der Waals surface area contributed by atoms with E-state index in [4.69, 9.17) is 9.47 Å². The molecule has 0 bridgehead atoms. The predicted octanol–water partition coefficient (Wildman–Crippen LogP) is 5.83. The van der Waals surface area contributed by atoms with Crippen molar-refractivity contribution in [2.24, 2.45) is 0 Å². The SMILES string of the molecule is CCOc1ccc(-n2nc(C(=O)Nc3ccc(Oc4ccccc4)cc3)c3ccccc3c2=O)cc1. The zero-order chi connectivity index (χ0) is 24.9. The zero-order valence-corrected chi connectivity index (χ0v) is 19.5. The van der Waals surface area contributed by atoms with Crippen molar-refractivity contribution < 1.29 is 14.3 Å². The van der Waals surface area contributed by atoms with Crippen LogP contribution in [0.4, 0.5) is 5.69 Å². The van der Waals surface area contributed by atoms with Crippen molar-refractivity contribution in [3.05, 3.63) is 119 Å². The number of ether oxygens (including phenoxy) is 2. The minimum atomic E-state index is -0.428. The first-order chi connectivity index (χ1) is 17.6. The van der Waals surface area contributed by atoms with Crippen molar-refractivity contribution in [2.75, 3.05) is 11.9 Å². The summed E-state index contributed by atoms with van der Waals surface area (Å²) in [6, 6.07) is 30.4. The molecule has 1 heterocycles. The number of nitrogens with one attached hydrogen (secondary N) is 1. The van der Waals surface area contributed by atoms with E-state index in [1.54, 1.807) is 72.8 Å². The van der Waals surface area contributed by atoms with Crippen molar-refractivity contribution in [1.29, 1.82) is 0 Å². The highest BCUT2D eigenvalue weighted by molar-refractivity contribution is 6.11. The topological polar surface area (TPSA) is 82.5 Å². The van der Waals surface area contributed by atoms with Gasteiger partial charge in [-0.05, 0) is 73.7 Å². The van der Waals surface area contributed by atoms with Gasteiger partial charge in [0, 0.05) is 11.1 Å². The summed E-state index contributed by atoms with van der Waals surface area (Å²) in [7, 11) is 0. The normalized spacial score (nSPS) is 10.7. The van der Waals surface area contributed by atoms with Crippen LogP contribution < -0.4 is 20.3 Å². The lowest BCUT2D eigenvalue weighted by molar-refractivity contribution is 0.102. The third-order valence-corrected chi connectivity index (χ3v) is 5.50. The van der Waals surface area contributed by atoms with E-state index in [2.05, 4.69) is 10.4 Å². The number of fused-ring (bicyclic) bond motifs is 1. The van der Waals surface area contributed by atoms with Crippen LogP contribution in [0, 0.1) is 0 Å². The van der Waals surface area contributed by atoms with Gasteiger partial charge in [-0.25, -0.2) is 0 Å². The Morgan fingerprint density at radius 3 is 2.08 bits per heavy atom. The van der Waals surface area contributed by atoms with E-state index >= 15 is 0 Å². The molecule has 1 N–H and O–H groups in total. The standard InChI is InChI=1S/C29H23N3O4/c1-2-35-22-18-14-21(15-19-22)32-29(34)26-11-7-6-10-25(26)27(31-32)28(33)30-20-12-16-24(17-13-20)36-23-8-4-3-5-9-23/h3-19H,2H2,1H3,(H,30,33). The van der Waals surface area contributed by atoms with E-state index in [0.29, 0.717) is 40.3 Å². The van der Waals surface area contributed by atoms with Crippen molar-refractivity contribution in [3.8, 4) is 22.9 Å². The molecule has 7 nitrogen and oxygen atoms in total. The van der Waals surface area contributed by atoms with E-state index < -0.39 is 5.91 Å². The first-order valence-corrected chi connectivity index (χ1v) is 11.5. The Labute approximate surface area is 207 Å². The van der Waals surface area contributed by atoms with Gasteiger partial charge in [0.2, 0.25) is 0 Å². The van der Waals surface area contributed by atoms with E-state index in [1.165, 1.54) is 4.68 Å². The van der Waals surface area contributed by atoms with Crippen LogP contribution >= 0.6 is 0 Å². The number of hydrogen-bond acceptors (Lipinski definition) is 5. The maximum atomic E-state index is 13.3. The summed E-state index contributed by atoms with van der Waals surface area (Å²) in [6.45, 7) is 2.44. The van der Waals surface area contributed by atoms with E-state index in [0.717, 1.165) is 5.75 Å². The van der Waals surface area contributed by atoms with Gasteiger partial charge >= 0.3 is 0 Å². The van der Waals surface area contributed by atoms with E-state index in [9.17, 15) is 9.59 Å². The lowest BCUT2D eigenvalue weighted by Crippen LogP contribution is -2.26. The summed E-state index contributed by atoms with van der Waals surface area (Å²) in [4.78, 5) is 26.5. The summed E-state index contributed by atoms with van der Waals surface area (Å²) >= 11 is 0. The highest BCUT2D eigenvalue weighted by atomic mass is 16.5. The first-order valence-electron chi connectivity index (χ1n) is 11.5. The van der Waals surface area contributed by atoms with Gasteiger partial charge < -0.3 is 14.8 Å². The first kappa shape index (κ1) is 22.9. The number of rotatable bonds is 7. The Bertz CT molecular complexity index is 1560. The van der Waals surface area contributed by atoms with Gasteiger partial charge in [-0.3, -0.25) is 9.59 Å². The van der Waals surface area contributed by atoms with E-state index in [1.807, 2.05) is 37.3 Å².